The minimum absolute atomic E-state index is 0.0141. The van der Waals surface area contributed by atoms with Crippen LogP contribution in [0.1, 0.15) is 18.4 Å². The molecule has 1 saturated carbocycles. The van der Waals surface area contributed by atoms with E-state index in [1.807, 2.05) is 0 Å². The Morgan fingerprint density at radius 2 is 2.24 bits per heavy atom. The van der Waals surface area contributed by atoms with Crippen LogP contribution in [0, 0.1) is 16.0 Å². The number of ether oxygens (including phenoxy) is 1. The minimum atomic E-state index is -0.463. The number of Topliss-reactive ketones (excluding diaryl/α,β-unsaturated/α-hetero) is 1. The summed E-state index contributed by atoms with van der Waals surface area (Å²) in [6.07, 6.45) is 1.95. The molecule has 5 heteroatoms. The third-order valence-electron chi connectivity index (χ3n) is 2.88. The van der Waals surface area contributed by atoms with E-state index < -0.39 is 4.92 Å². The Balaban J connectivity index is 2.27. The summed E-state index contributed by atoms with van der Waals surface area (Å²) in [5, 5.41) is 10.8. The largest absolute Gasteiger partial charge is 0.497 e. The summed E-state index contributed by atoms with van der Waals surface area (Å²) in [6, 6.07) is 4.48. The van der Waals surface area contributed by atoms with E-state index in [0.717, 1.165) is 12.8 Å². The van der Waals surface area contributed by atoms with Crippen molar-refractivity contribution in [2.75, 3.05) is 7.11 Å². The summed E-state index contributed by atoms with van der Waals surface area (Å²) >= 11 is 0. The lowest BCUT2D eigenvalue weighted by Gasteiger charge is -2.05. The van der Waals surface area contributed by atoms with Crippen LogP contribution in [0.15, 0.2) is 18.2 Å². The highest BCUT2D eigenvalue weighted by molar-refractivity contribution is 5.86. The zero-order valence-corrected chi connectivity index (χ0v) is 9.51. The maximum absolute atomic E-state index is 11.7. The number of hydrogen-bond acceptors (Lipinski definition) is 4. The maximum atomic E-state index is 11.7. The highest BCUT2D eigenvalue weighted by atomic mass is 16.6. The predicted octanol–water partition coefficient (Wildman–Crippen LogP) is 2.12. The molecule has 1 fully saturated rings. The summed E-state index contributed by atoms with van der Waals surface area (Å²) in [7, 11) is 1.49. The molecule has 0 bridgehead atoms. The Bertz CT molecular complexity index is 466. The van der Waals surface area contributed by atoms with E-state index in [4.69, 9.17) is 4.74 Å². The molecule has 0 aromatic heterocycles. The summed E-state index contributed by atoms with van der Waals surface area (Å²) in [5.41, 5.74) is 0.422. The molecule has 17 heavy (non-hydrogen) atoms. The number of carbonyl (C=O) groups is 1. The van der Waals surface area contributed by atoms with Crippen LogP contribution in [-0.4, -0.2) is 17.8 Å². The fraction of sp³-hybridized carbons (Fsp3) is 0.417. The van der Waals surface area contributed by atoms with E-state index in [1.165, 1.54) is 19.2 Å². The second-order valence-electron chi connectivity index (χ2n) is 4.17. The third kappa shape index (κ3) is 2.61. The molecule has 0 atom stereocenters. The van der Waals surface area contributed by atoms with Gasteiger partial charge in [-0.25, -0.2) is 0 Å². The standard InChI is InChI=1S/C12H13NO4/c1-17-10-4-5-11(13(15)16)9(6-10)7-12(14)8-2-3-8/h4-6,8H,2-3,7H2,1H3. The number of hydrogen-bond donors (Lipinski definition) is 0. The van der Waals surface area contributed by atoms with Crippen LogP contribution in [0.25, 0.3) is 0 Å². The van der Waals surface area contributed by atoms with Gasteiger partial charge in [0.25, 0.3) is 5.69 Å². The van der Waals surface area contributed by atoms with Gasteiger partial charge in [-0.3, -0.25) is 14.9 Å². The lowest BCUT2D eigenvalue weighted by Crippen LogP contribution is -2.07. The molecule has 0 heterocycles. The molecule has 0 unspecified atom stereocenters. The molecule has 0 amide bonds. The lowest BCUT2D eigenvalue weighted by atomic mass is 10.0. The molecule has 2 rings (SSSR count). The van der Waals surface area contributed by atoms with E-state index in [-0.39, 0.29) is 23.8 Å². The molecule has 5 nitrogen and oxygen atoms in total. The van der Waals surface area contributed by atoms with Crippen molar-refractivity contribution in [2.24, 2.45) is 5.92 Å². The molecule has 1 aliphatic carbocycles. The van der Waals surface area contributed by atoms with Gasteiger partial charge in [0.2, 0.25) is 0 Å². The van der Waals surface area contributed by atoms with E-state index >= 15 is 0 Å². The zero-order valence-electron chi connectivity index (χ0n) is 9.51. The first-order valence-corrected chi connectivity index (χ1v) is 5.46. The quantitative estimate of drug-likeness (QED) is 0.579. The Morgan fingerprint density at radius 1 is 1.53 bits per heavy atom. The second kappa shape index (κ2) is 4.53. The number of carbonyl (C=O) groups excluding carboxylic acids is 1. The number of benzene rings is 1. The fourth-order valence-corrected chi connectivity index (χ4v) is 1.75. The van der Waals surface area contributed by atoms with E-state index in [2.05, 4.69) is 0 Å². The van der Waals surface area contributed by atoms with Crippen molar-refractivity contribution in [1.29, 1.82) is 0 Å². The summed E-state index contributed by atoms with van der Waals surface area (Å²) in [5.74, 6) is 0.733. The number of methoxy groups -OCH3 is 1. The summed E-state index contributed by atoms with van der Waals surface area (Å²) < 4.78 is 5.01. The number of ketones is 1. The fourth-order valence-electron chi connectivity index (χ4n) is 1.75. The highest BCUT2D eigenvalue weighted by Crippen LogP contribution is 2.33. The molecule has 0 aliphatic heterocycles. The van der Waals surface area contributed by atoms with Crippen molar-refractivity contribution in [3.63, 3.8) is 0 Å². The van der Waals surface area contributed by atoms with Crippen LogP contribution in [-0.2, 0) is 11.2 Å². The van der Waals surface area contributed by atoms with Crippen LogP contribution in [0.5, 0.6) is 5.75 Å². The van der Waals surface area contributed by atoms with E-state index in [0.29, 0.717) is 11.3 Å². The molecule has 90 valence electrons. The van der Waals surface area contributed by atoms with Crippen molar-refractivity contribution in [2.45, 2.75) is 19.3 Å². The van der Waals surface area contributed by atoms with Gasteiger partial charge in [0, 0.05) is 24.0 Å². The van der Waals surface area contributed by atoms with Gasteiger partial charge >= 0.3 is 0 Å². The molecular formula is C12H13NO4. The average molecular weight is 235 g/mol. The molecule has 1 aromatic rings. The van der Waals surface area contributed by atoms with Crippen molar-refractivity contribution >= 4 is 11.5 Å². The van der Waals surface area contributed by atoms with Crippen molar-refractivity contribution in [3.8, 4) is 5.75 Å². The van der Waals surface area contributed by atoms with Gasteiger partial charge in [-0.05, 0) is 25.0 Å². The van der Waals surface area contributed by atoms with Gasteiger partial charge in [-0.1, -0.05) is 0 Å². The van der Waals surface area contributed by atoms with Crippen molar-refractivity contribution in [1.82, 2.24) is 0 Å². The smallest absolute Gasteiger partial charge is 0.273 e. The maximum Gasteiger partial charge on any atom is 0.273 e. The second-order valence-corrected chi connectivity index (χ2v) is 4.17. The SMILES string of the molecule is COc1ccc([N+](=O)[O-])c(CC(=O)C2CC2)c1. The Morgan fingerprint density at radius 3 is 2.76 bits per heavy atom. The zero-order chi connectivity index (χ0) is 12.4. The summed E-state index contributed by atoms with van der Waals surface area (Å²) in [6.45, 7) is 0. The highest BCUT2D eigenvalue weighted by Gasteiger charge is 2.30. The number of nitrogens with zero attached hydrogens (tertiary/aromatic N) is 1. The van der Waals surface area contributed by atoms with Gasteiger partial charge < -0.3 is 4.74 Å². The topological polar surface area (TPSA) is 69.4 Å². The van der Waals surface area contributed by atoms with Crippen LogP contribution >= 0.6 is 0 Å². The Kier molecular flexibility index (Phi) is 3.08. The van der Waals surface area contributed by atoms with Gasteiger partial charge in [0.15, 0.2) is 0 Å². The molecule has 0 N–H and O–H groups in total. The first-order chi connectivity index (χ1) is 8.11. The first-order valence-electron chi connectivity index (χ1n) is 5.46. The first kappa shape index (κ1) is 11.6. The number of nitro benzene ring substituents is 1. The van der Waals surface area contributed by atoms with Gasteiger partial charge in [0.1, 0.15) is 11.5 Å². The third-order valence-corrected chi connectivity index (χ3v) is 2.88. The van der Waals surface area contributed by atoms with Gasteiger partial charge in [0.05, 0.1) is 12.0 Å². The van der Waals surface area contributed by atoms with Crippen LogP contribution in [0.2, 0.25) is 0 Å². The monoisotopic (exact) mass is 235 g/mol. The van der Waals surface area contributed by atoms with Crippen LogP contribution in [0.4, 0.5) is 5.69 Å². The molecule has 1 aliphatic rings. The average Bonchev–Trinajstić information content (AvgIpc) is 3.12. The molecule has 0 saturated heterocycles. The van der Waals surface area contributed by atoms with Crippen molar-refractivity contribution in [3.05, 3.63) is 33.9 Å². The molecule has 1 aromatic carbocycles. The molecular weight excluding hydrogens is 222 g/mol. The normalized spacial score (nSPS) is 14.4. The predicted molar refractivity (Wildman–Crippen MR) is 61.1 cm³/mol. The lowest BCUT2D eigenvalue weighted by molar-refractivity contribution is -0.385. The Labute approximate surface area is 98.5 Å². The summed E-state index contributed by atoms with van der Waals surface area (Å²) in [4.78, 5) is 22.1. The van der Waals surface area contributed by atoms with E-state index in [1.54, 1.807) is 6.07 Å². The number of rotatable bonds is 5. The Hall–Kier alpha value is -1.91. The van der Waals surface area contributed by atoms with Gasteiger partial charge in [-0.2, -0.15) is 0 Å². The minimum Gasteiger partial charge on any atom is -0.497 e. The molecule has 0 spiro atoms. The number of nitro groups is 1. The van der Waals surface area contributed by atoms with Crippen LogP contribution in [0.3, 0.4) is 0 Å². The van der Waals surface area contributed by atoms with Gasteiger partial charge in [-0.15, -0.1) is 0 Å². The van der Waals surface area contributed by atoms with Crippen LogP contribution < -0.4 is 4.74 Å². The molecule has 0 radical (unpaired) electrons. The van der Waals surface area contributed by atoms with E-state index in [9.17, 15) is 14.9 Å². The van der Waals surface area contributed by atoms with Crippen molar-refractivity contribution < 1.29 is 14.5 Å².